The van der Waals surface area contributed by atoms with Gasteiger partial charge in [0.1, 0.15) is 0 Å². The molecule has 0 aliphatic heterocycles. The molecule has 0 bridgehead atoms. The lowest BCUT2D eigenvalue weighted by molar-refractivity contribution is 0.547. The van der Waals surface area contributed by atoms with Crippen LogP contribution in [-0.4, -0.2) is 6.54 Å². The molecular weight excluding hydrogens is 320 g/mol. The van der Waals surface area contributed by atoms with Gasteiger partial charge in [0, 0.05) is 17.5 Å². The van der Waals surface area contributed by atoms with Gasteiger partial charge in [0.15, 0.2) is 0 Å². The van der Waals surface area contributed by atoms with Gasteiger partial charge in [0.2, 0.25) is 0 Å². The van der Waals surface area contributed by atoms with Crippen molar-refractivity contribution in [3.8, 4) is 6.07 Å². The predicted octanol–water partition coefficient (Wildman–Crippen LogP) is 4.30. The second kappa shape index (κ2) is 7.44. The van der Waals surface area contributed by atoms with Crippen LogP contribution in [0.25, 0.3) is 0 Å². The fraction of sp³-hybridized carbons (Fsp3) is 0.267. The number of thiophene rings is 1. The summed E-state index contributed by atoms with van der Waals surface area (Å²) in [6, 6.07) is 16.7. The van der Waals surface area contributed by atoms with Crippen LogP contribution in [0.5, 0.6) is 0 Å². The largest absolute Gasteiger partial charge is 0.309 e. The number of benzene rings is 1. The van der Waals surface area contributed by atoms with E-state index >= 15 is 0 Å². The van der Waals surface area contributed by atoms with Crippen LogP contribution >= 0.6 is 27.3 Å². The summed E-state index contributed by atoms with van der Waals surface area (Å²) in [5, 5.41) is 12.4. The maximum absolute atomic E-state index is 8.92. The van der Waals surface area contributed by atoms with Crippen molar-refractivity contribution in [2.24, 2.45) is 0 Å². The zero-order valence-electron chi connectivity index (χ0n) is 10.5. The zero-order valence-corrected chi connectivity index (χ0v) is 12.9. The molecule has 2 nitrogen and oxygen atoms in total. The van der Waals surface area contributed by atoms with E-state index in [2.05, 4.69) is 51.6 Å². The molecular formula is C15H15BrN2S. The third kappa shape index (κ3) is 4.46. The molecule has 1 aromatic heterocycles. The van der Waals surface area contributed by atoms with Crippen molar-refractivity contribution >= 4 is 27.3 Å². The van der Waals surface area contributed by atoms with Crippen molar-refractivity contribution in [3.63, 3.8) is 0 Å². The van der Waals surface area contributed by atoms with Gasteiger partial charge in [0.05, 0.1) is 16.3 Å². The Hall–Kier alpha value is -1.15. The van der Waals surface area contributed by atoms with Crippen LogP contribution in [0.3, 0.4) is 0 Å². The molecule has 0 saturated heterocycles. The SMILES string of the molecule is N#CCC(NCCc1ccc(Br)s1)c1ccccc1. The minimum absolute atomic E-state index is 0.120. The number of nitriles is 1. The molecule has 1 aromatic carbocycles. The summed E-state index contributed by atoms with van der Waals surface area (Å²) in [5.74, 6) is 0. The number of hydrogen-bond donors (Lipinski definition) is 1. The van der Waals surface area contributed by atoms with Gasteiger partial charge in [-0.2, -0.15) is 5.26 Å². The lowest BCUT2D eigenvalue weighted by Gasteiger charge is -2.15. The Morgan fingerprint density at radius 3 is 2.63 bits per heavy atom. The molecule has 1 unspecified atom stereocenters. The molecule has 0 radical (unpaired) electrons. The predicted molar refractivity (Wildman–Crippen MR) is 83.1 cm³/mol. The normalized spacial score (nSPS) is 12.0. The molecule has 0 aliphatic rings. The van der Waals surface area contributed by atoms with E-state index in [0.717, 1.165) is 13.0 Å². The molecule has 0 spiro atoms. The molecule has 0 aliphatic carbocycles. The van der Waals surface area contributed by atoms with E-state index in [9.17, 15) is 0 Å². The quantitative estimate of drug-likeness (QED) is 0.854. The molecule has 1 heterocycles. The van der Waals surface area contributed by atoms with Crippen molar-refractivity contribution in [3.05, 3.63) is 56.7 Å². The van der Waals surface area contributed by atoms with Crippen molar-refractivity contribution < 1.29 is 0 Å². The van der Waals surface area contributed by atoms with Gasteiger partial charge in [-0.05, 0) is 40.0 Å². The van der Waals surface area contributed by atoms with Crippen molar-refractivity contribution in [1.82, 2.24) is 5.32 Å². The third-order valence-corrected chi connectivity index (χ3v) is 4.57. The van der Waals surface area contributed by atoms with Crippen LogP contribution in [0.15, 0.2) is 46.3 Å². The Labute approximate surface area is 126 Å². The Morgan fingerprint density at radius 1 is 1.21 bits per heavy atom. The summed E-state index contributed by atoms with van der Waals surface area (Å²) in [7, 11) is 0. The molecule has 1 atom stereocenters. The molecule has 19 heavy (non-hydrogen) atoms. The number of rotatable bonds is 6. The highest BCUT2D eigenvalue weighted by molar-refractivity contribution is 9.11. The Morgan fingerprint density at radius 2 is 2.00 bits per heavy atom. The standard InChI is InChI=1S/C15H15BrN2S/c16-15-7-6-13(19-15)9-11-18-14(8-10-17)12-4-2-1-3-5-12/h1-7,14,18H,8-9,11H2. The maximum atomic E-state index is 8.92. The molecule has 98 valence electrons. The number of nitrogens with one attached hydrogen (secondary N) is 1. The lowest BCUT2D eigenvalue weighted by Crippen LogP contribution is -2.23. The molecule has 4 heteroatoms. The minimum atomic E-state index is 0.120. The summed E-state index contributed by atoms with van der Waals surface area (Å²) in [6.45, 7) is 0.883. The second-order valence-electron chi connectivity index (χ2n) is 4.24. The first-order valence-corrected chi connectivity index (χ1v) is 7.80. The Balaban J connectivity index is 1.89. The van der Waals surface area contributed by atoms with E-state index in [1.807, 2.05) is 18.2 Å². The average molecular weight is 335 g/mol. The molecule has 2 rings (SSSR count). The molecule has 2 aromatic rings. The first kappa shape index (κ1) is 14.3. The smallest absolute Gasteiger partial charge is 0.0701 e. The lowest BCUT2D eigenvalue weighted by atomic mass is 10.0. The number of halogens is 1. The molecule has 0 saturated carbocycles. The van der Waals surface area contributed by atoms with Gasteiger partial charge < -0.3 is 5.32 Å². The topological polar surface area (TPSA) is 35.8 Å². The monoisotopic (exact) mass is 334 g/mol. The van der Waals surface area contributed by atoms with Crippen molar-refractivity contribution in [1.29, 1.82) is 5.26 Å². The van der Waals surface area contributed by atoms with Crippen LogP contribution < -0.4 is 5.32 Å². The van der Waals surface area contributed by atoms with E-state index in [-0.39, 0.29) is 6.04 Å². The highest BCUT2D eigenvalue weighted by atomic mass is 79.9. The third-order valence-electron chi connectivity index (χ3n) is 2.89. The first-order valence-electron chi connectivity index (χ1n) is 6.19. The van der Waals surface area contributed by atoms with Crippen molar-refractivity contribution in [2.75, 3.05) is 6.54 Å². The fourth-order valence-electron chi connectivity index (χ4n) is 1.94. The Kier molecular flexibility index (Phi) is 5.59. The summed E-state index contributed by atoms with van der Waals surface area (Å²) in [6.07, 6.45) is 1.49. The van der Waals surface area contributed by atoms with Gasteiger partial charge in [-0.25, -0.2) is 0 Å². The summed E-state index contributed by atoms with van der Waals surface area (Å²) >= 11 is 5.23. The zero-order chi connectivity index (χ0) is 13.5. The van der Waals surface area contributed by atoms with Gasteiger partial charge in [-0.3, -0.25) is 0 Å². The van der Waals surface area contributed by atoms with Crippen LogP contribution in [0.2, 0.25) is 0 Å². The van der Waals surface area contributed by atoms with Crippen LogP contribution in [0.1, 0.15) is 22.9 Å². The van der Waals surface area contributed by atoms with Gasteiger partial charge in [-0.15, -0.1) is 11.3 Å². The number of hydrogen-bond acceptors (Lipinski definition) is 3. The van der Waals surface area contributed by atoms with E-state index in [1.54, 1.807) is 11.3 Å². The van der Waals surface area contributed by atoms with Gasteiger partial charge in [-0.1, -0.05) is 30.3 Å². The number of nitrogens with zero attached hydrogens (tertiary/aromatic N) is 1. The van der Waals surface area contributed by atoms with E-state index < -0.39 is 0 Å². The first-order chi connectivity index (χ1) is 9.29. The van der Waals surface area contributed by atoms with Gasteiger partial charge >= 0.3 is 0 Å². The van der Waals surface area contributed by atoms with E-state index in [1.165, 1.54) is 14.2 Å². The van der Waals surface area contributed by atoms with Crippen LogP contribution in [0.4, 0.5) is 0 Å². The maximum Gasteiger partial charge on any atom is 0.0701 e. The fourth-order valence-corrected chi connectivity index (χ4v) is 3.42. The van der Waals surface area contributed by atoms with E-state index in [4.69, 9.17) is 5.26 Å². The van der Waals surface area contributed by atoms with Crippen LogP contribution in [-0.2, 0) is 6.42 Å². The average Bonchev–Trinajstić information content (AvgIpc) is 2.84. The summed E-state index contributed by atoms with van der Waals surface area (Å²) < 4.78 is 1.17. The highest BCUT2D eigenvalue weighted by Crippen LogP contribution is 2.22. The van der Waals surface area contributed by atoms with Crippen molar-refractivity contribution in [2.45, 2.75) is 18.9 Å². The molecule has 0 amide bonds. The summed E-state index contributed by atoms with van der Waals surface area (Å²) in [4.78, 5) is 1.35. The molecule has 0 fully saturated rings. The van der Waals surface area contributed by atoms with Crippen LogP contribution in [0, 0.1) is 11.3 Å². The molecule has 1 N–H and O–H groups in total. The summed E-state index contributed by atoms with van der Waals surface area (Å²) in [5.41, 5.74) is 1.18. The highest BCUT2D eigenvalue weighted by Gasteiger charge is 2.09. The Bertz CT molecular complexity index is 545. The van der Waals surface area contributed by atoms with Gasteiger partial charge in [0.25, 0.3) is 0 Å². The minimum Gasteiger partial charge on any atom is -0.309 e. The van der Waals surface area contributed by atoms with E-state index in [0.29, 0.717) is 6.42 Å². The second-order valence-corrected chi connectivity index (χ2v) is 6.78.